The summed E-state index contributed by atoms with van der Waals surface area (Å²) in [7, 11) is 0. The molecule has 6 atom stereocenters. The van der Waals surface area contributed by atoms with Gasteiger partial charge in [0.05, 0.1) is 12.2 Å². The van der Waals surface area contributed by atoms with Crippen molar-refractivity contribution in [1.82, 2.24) is 63.8 Å². The Morgan fingerprint density at radius 3 is 0.858 bits per heavy atom. The van der Waals surface area contributed by atoms with Gasteiger partial charge in [-0.15, -0.1) is 0 Å². The van der Waals surface area contributed by atoms with E-state index >= 15 is 14.4 Å². The lowest BCUT2D eigenvalue weighted by molar-refractivity contribution is -0.142. The van der Waals surface area contributed by atoms with Crippen LogP contribution in [0.25, 0.3) is 0 Å². The molecule has 0 aromatic rings. The van der Waals surface area contributed by atoms with E-state index in [4.69, 9.17) is 23.7 Å². The van der Waals surface area contributed by atoms with Crippen LogP contribution in [0.15, 0.2) is 0 Å². The third kappa shape index (κ3) is 69.5. The molecule has 0 aromatic carbocycles. The first kappa shape index (κ1) is 113. The Morgan fingerprint density at radius 2 is 0.542 bits per heavy atom. The normalized spacial score (nSPS) is 13.3. The SMILES string of the molecule is CCCCCCCCCCCCCCCCNC(=O)NCCSC[C@@H](NC(=O)CCCCCCCCCCCCCCC)C(=O)N[C@H](COC(C)(C)C)C(=O)N[C@@H](CCCCNC(=O)OC(C)(C)C)C(=O)N[C@@H](CCCCNC(=O)OC(C)(C)C)C(=O)N[C@@H](CCCCNC(=O)OC(C)(C)C)C(=O)N[C@@H](CCCCNC(=O)OC(C)(C)C)C(=O)O. The summed E-state index contributed by atoms with van der Waals surface area (Å²) in [6, 6.07) is -8.77. The molecule has 31 heteroatoms. The van der Waals surface area contributed by atoms with Crippen molar-refractivity contribution >= 4 is 83.6 Å². The Labute approximate surface area is 726 Å². The molecule has 0 aliphatic heterocycles. The van der Waals surface area contributed by atoms with Gasteiger partial charge >= 0.3 is 36.4 Å². The molecule has 0 aliphatic carbocycles. The molecular weight excluding hydrogens is 1560 g/mol. The van der Waals surface area contributed by atoms with Gasteiger partial charge in [0.15, 0.2) is 0 Å². The van der Waals surface area contributed by atoms with Crippen molar-refractivity contribution < 1.29 is 86.3 Å². The number of alkyl carbamates (subject to hydrolysis) is 4. The maximum Gasteiger partial charge on any atom is 0.407 e. The van der Waals surface area contributed by atoms with E-state index in [-0.39, 0.29) is 127 Å². The molecule has 0 aliphatic rings. The van der Waals surface area contributed by atoms with Crippen LogP contribution < -0.4 is 63.8 Å². The Bertz CT molecular complexity index is 2860. The lowest BCUT2D eigenvalue weighted by Crippen LogP contribution is -2.60. The Hall–Kier alpha value is -7.05. The van der Waals surface area contributed by atoms with Crippen molar-refractivity contribution in [3.63, 3.8) is 0 Å². The van der Waals surface area contributed by atoms with Gasteiger partial charge in [-0.3, -0.25) is 28.8 Å². The van der Waals surface area contributed by atoms with Gasteiger partial charge in [-0.25, -0.2) is 28.8 Å². The zero-order valence-corrected chi connectivity index (χ0v) is 78.2. The maximum absolute atomic E-state index is 15.2. The summed E-state index contributed by atoms with van der Waals surface area (Å²) in [5.74, 6) is -5.49. The molecule has 0 spiro atoms. The van der Waals surface area contributed by atoms with Crippen LogP contribution in [0.2, 0.25) is 0 Å². The van der Waals surface area contributed by atoms with E-state index in [0.29, 0.717) is 25.1 Å². The molecule has 120 heavy (non-hydrogen) atoms. The van der Waals surface area contributed by atoms with E-state index in [1.807, 2.05) is 0 Å². The highest BCUT2D eigenvalue weighted by Crippen LogP contribution is 2.19. The number of amides is 12. The van der Waals surface area contributed by atoms with Crippen molar-refractivity contribution in [2.24, 2.45) is 0 Å². The zero-order valence-electron chi connectivity index (χ0n) is 77.4. The van der Waals surface area contributed by atoms with Gasteiger partial charge in [0.2, 0.25) is 35.4 Å². The summed E-state index contributed by atoms with van der Waals surface area (Å²) in [6.45, 7) is 31.1. The van der Waals surface area contributed by atoms with Gasteiger partial charge < -0.3 is 92.6 Å². The predicted molar refractivity (Wildman–Crippen MR) is 477 cm³/mol. The summed E-state index contributed by atoms with van der Waals surface area (Å²) in [5, 5.41) is 43.6. The van der Waals surface area contributed by atoms with Crippen LogP contribution in [-0.2, 0) is 57.2 Å². The van der Waals surface area contributed by atoms with Crippen LogP contribution in [0.1, 0.15) is 375 Å². The summed E-state index contributed by atoms with van der Waals surface area (Å²) in [6.07, 6.45) is 30.9. The Kier molecular flexibility index (Phi) is 62.6. The van der Waals surface area contributed by atoms with Gasteiger partial charge in [0, 0.05) is 57.2 Å². The highest BCUT2D eigenvalue weighted by atomic mass is 32.2. The summed E-state index contributed by atoms with van der Waals surface area (Å²) >= 11 is 1.33. The largest absolute Gasteiger partial charge is 0.480 e. The molecule has 0 bridgehead atoms. The zero-order chi connectivity index (χ0) is 90.3. The average Bonchev–Trinajstić information content (AvgIpc) is 0.868. The smallest absolute Gasteiger partial charge is 0.407 e. The number of carboxylic acids is 1. The minimum atomic E-state index is -1.49. The predicted octanol–water partition coefficient (Wildman–Crippen LogP) is 15.6. The number of unbranched alkanes of at least 4 members (excludes halogenated alkanes) is 29. The third-order valence-corrected chi connectivity index (χ3v) is 20.0. The van der Waals surface area contributed by atoms with Crippen molar-refractivity contribution in [3.8, 4) is 0 Å². The fourth-order valence-electron chi connectivity index (χ4n) is 12.6. The molecule has 12 amide bonds. The Balaban J connectivity index is 7.35. The molecule has 0 fully saturated rings. The van der Waals surface area contributed by atoms with Crippen molar-refractivity contribution in [1.29, 1.82) is 0 Å². The molecule has 0 saturated carbocycles. The van der Waals surface area contributed by atoms with E-state index in [0.717, 1.165) is 44.9 Å². The van der Waals surface area contributed by atoms with Gasteiger partial charge in [-0.2, -0.15) is 11.8 Å². The van der Waals surface area contributed by atoms with Crippen LogP contribution in [0.3, 0.4) is 0 Å². The van der Waals surface area contributed by atoms with E-state index in [9.17, 15) is 48.3 Å². The monoisotopic (exact) mass is 1730 g/mol. The first-order valence-electron chi connectivity index (χ1n) is 45.7. The molecule has 13 N–H and O–H groups in total. The van der Waals surface area contributed by atoms with E-state index < -0.39 is 131 Å². The fourth-order valence-corrected chi connectivity index (χ4v) is 13.5. The topological polar surface area (TPSA) is 416 Å². The minimum absolute atomic E-state index is 0.0560. The van der Waals surface area contributed by atoms with Gasteiger partial charge in [-0.1, -0.05) is 174 Å². The van der Waals surface area contributed by atoms with Crippen molar-refractivity contribution in [2.75, 3.05) is 57.4 Å². The van der Waals surface area contributed by atoms with E-state index in [2.05, 4.69) is 77.6 Å². The van der Waals surface area contributed by atoms with Crippen LogP contribution >= 0.6 is 11.8 Å². The average molecular weight is 1730 g/mol. The molecule has 30 nitrogen and oxygen atoms in total. The van der Waals surface area contributed by atoms with Gasteiger partial charge in [0.1, 0.15) is 58.7 Å². The first-order valence-corrected chi connectivity index (χ1v) is 46.8. The molecule has 0 aromatic heterocycles. The van der Waals surface area contributed by atoms with Crippen molar-refractivity contribution in [2.45, 2.75) is 439 Å². The number of carboxylic acid groups (broad SMARTS) is 1. The molecule has 0 unspecified atom stereocenters. The quantitative estimate of drug-likeness (QED) is 0.0199. The fraction of sp³-hybridized carbons (Fsp3) is 0.865. The standard InChI is InChI=1S/C89H168N12O18S/c1-18-20-22-24-26-28-30-32-34-36-38-40-42-48-58-90-80(110)91-63-64-120-66-72(96-73(102)57-43-41-39-37-35-33-31-29-27-25-23-21-19-2)78(107)101-71(65-115-85(3,4)5)77(106)99-68(54-45-50-60-93-82(112)117-87(9,10)11)75(104)97-67(53-44-49-59-92-81(111)116-86(6,7)8)74(103)98-69(55-46-51-61-94-83(113)118-88(12,13)14)76(105)100-70(79(108)109)56-47-52-62-95-84(114)119-89(15,16)17/h67-72H,18-66H2,1-17H3,(H,92,111)(H,93,112)(H,94,113)(H,95,114)(H,96,102)(H,97,104)(H,98,103)(H,99,106)(H,100,105)(H,101,107)(H,108,109)(H2,90,91,110)/t67-,68-,69-,70-,71+,72+/m0/s1. The van der Waals surface area contributed by atoms with E-state index in [1.54, 1.807) is 104 Å². The number of rotatable bonds is 68. The van der Waals surface area contributed by atoms with Crippen LogP contribution in [0.5, 0.6) is 0 Å². The highest BCUT2D eigenvalue weighted by molar-refractivity contribution is 7.99. The second-order valence-electron chi connectivity index (χ2n) is 36.7. The van der Waals surface area contributed by atoms with Crippen LogP contribution in [0, 0.1) is 0 Å². The number of nitrogens with one attached hydrogen (secondary N) is 12. The number of urea groups is 1. The number of carbonyl (C=O) groups is 12. The lowest BCUT2D eigenvalue weighted by Gasteiger charge is -2.29. The number of hydrogen-bond acceptors (Lipinski definition) is 18. The number of aliphatic carboxylic acids is 1. The number of thioether (sulfide) groups is 1. The minimum Gasteiger partial charge on any atom is -0.480 e. The highest BCUT2D eigenvalue weighted by Gasteiger charge is 2.35. The number of carbonyl (C=O) groups excluding carboxylic acids is 11. The van der Waals surface area contributed by atoms with Gasteiger partial charge in [0.25, 0.3) is 0 Å². The van der Waals surface area contributed by atoms with Crippen molar-refractivity contribution in [3.05, 3.63) is 0 Å². The van der Waals surface area contributed by atoms with Gasteiger partial charge in [-0.05, 0) is 194 Å². The maximum atomic E-state index is 15.2. The molecule has 0 rings (SSSR count). The Morgan fingerprint density at radius 1 is 0.283 bits per heavy atom. The summed E-state index contributed by atoms with van der Waals surface area (Å²) in [5.41, 5.74) is -4.01. The van der Waals surface area contributed by atoms with Crippen LogP contribution in [0.4, 0.5) is 24.0 Å². The lowest BCUT2D eigenvalue weighted by atomic mass is 10.0. The first-order chi connectivity index (χ1) is 56.5. The molecule has 698 valence electrons. The molecule has 0 heterocycles. The summed E-state index contributed by atoms with van der Waals surface area (Å²) < 4.78 is 27.7. The number of hydrogen-bond donors (Lipinski definition) is 13. The number of ether oxygens (including phenoxy) is 5. The van der Waals surface area contributed by atoms with Crippen LogP contribution in [-0.4, -0.2) is 199 Å². The second kappa shape index (κ2) is 66.5. The summed E-state index contributed by atoms with van der Waals surface area (Å²) in [4.78, 5) is 165. The molecular formula is C89H168N12O18S. The molecule has 0 saturated heterocycles. The van der Waals surface area contributed by atoms with E-state index in [1.165, 1.54) is 134 Å². The third-order valence-electron chi connectivity index (χ3n) is 19.0. The molecule has 0 radical (unpaired) electrons. The second-order valence-corrected chi connectivity index (χ2v) is 37.9.